The second kappa shape index (κ2) is 5.51. The van der Waals surface area contributed by atoms with Gasteiger partial charge in [-0.05, 0) is 38.0 Å². The molecule has 4 nitrogen and oxygen atoms in total. The fourth-order valence-electron chi connectivity index (χ4n) is 2.12. The normalized spacial score (nSPS) is 10.4. The molecule has 0 aliphatic rings. The lowest BCUT2D eigenvalue weighted by atomic mass is 10.1. The molecule has 0 atom stereocenters. The number of nitrogens with zero attached hydrogens (tertiary/aromatic N) is 1. The van der Waals surface area contributed by atoms with E-state index in [1.54, 1.807) is 0 Å². The maximum absolute atomic E-state index is 10.7. The van der Waals surface area contributed by atoms with E-state index >= 15 is 0 Å². The van der Waals surface area contributed by atoms with Crippen molar-refractivity contribution >= 4 is 17.3 Å². The number of rotatable bonds is 3. The molecule has 0 bridgehead atoms. The van der Waals surface area contributed by atoms with Gasteiger partial charge in [0.25, 0.3) is 5.69 Å². The van der Waals surface area contributed by atoms with Crippen molar-refractivity contribution in [2.75, 3.05) is 0 Å². The first-order chi connectivity index (χ1) is 9.38. The van der Waals surface area contributed by atoms with Crippen molar-refractivity contribution in [1.29, 1.82) is 0 Å². The Balaban J connectivity index is 2.38. The Hall–Kier alpha value is -2.07. The third-order valence-electron chi connectivity index (χ3n) is 2.94. The Morgan fingerprint density at radius 3 is 2.20 bits per heavy atom. The molecule has 2 aromatic rings. The first kappa shape index (κ1) is 14.3. The number of aryl methyl sites for hydroxylation is 3. The van der Waals surface area contributed by atoms with Crippen LogP contribution in [-0.4, -0.2) is 4.92 Å². The number of non-ortho nitro benzene ring substituents is 1. The average Bonchev–Trinajstić information content (AvgIpc) is 2.34. The van der Waals surface area contributed by atoms with E-state index in [1.807, 2.05) is 32.9 Å². The van der Waals surface area contributed by atoms with E-state index in [2.05, 4.69) is 0 Å². The molecule has 0 saturated carbocycles. The summed E-state index contributed by atoms with van der Waals surface area (Å²) in [6, 6.07) is 8.21. The molecule has 0 heterocycles. The Morgan fingerprint density at radius 2 is 1.70 bits per heavy atom. The molecule has 2 aromatic carbocycles. The molecular weight excluding hydrogens is 278 g/mol. The van der Waals surface area contributed by atoms with Crippen LogP contribution in [0.3, 0.4) is 0 Å². The number of hydrogen-bond donors (Lipinski definition) is 0. The molecule has 20 heavy (non-hydrogen) atoms. The quantitative estimate of drug-likeness (QED) is 0.593. The van der Waals surface area contributed by atoms with Crippen LogP contribution in [0.1, 0.15) is 16.7 Å². The van der Waals surface area contributed by atoms with Gasteiger partial charge in [-0.15, -0.1) is 0 Å². The van der Waals surface area contributed by atoms with Gasteiger partial charge >= 0.3 is 0 Å². The van der Waals surface area contributed by atoms with Crippen LogP contribution in [0.5, 0.6) is 11.5 Å². The van der Waals surface area contributed by atoms with E-state index in [4.69, 9.17) is 16.3 Å². The Kier molecular flexibility index (Phi) is 3.95. The molecule has 0 saturated heterocycles. The number of hydrogen-bond acceptors (Lipinski definition) is 3. The molecule has 0 fully saturated rings. The molecule has 2 rings (SSSR count). The van der Waals surface area contributed by atoms with Gasteiger partial charge in [0.1, 0.15) is 11.5 Å². The van der Waals surface area contributed by atoms with Crippen LogP contribution in [0.2, 0.25) is 5.02 Å². The first-order valence-electron chi connectivity index (χ1n) is 6.08. The second-order valence-corrected chi connectivity index (χ2v) is 5.11. The van der Waals surface area contributed by atoms with Crippen molar-refractivity contribution in [2.45, 2.75) is 20.8 Å². The van der Waals surface area contributed by atoms with Crippen molar-refractivity contribution in [3.63, 3.8) is 0 Å². The maximum Gasteiger partial charge on any atom is 0.271 e. The predicted molar refractivity (Wildman–Crippen MR) is 78.8 cm³/mol. The van der Waals surface area contributed by atoms with Gasteiger partial charge in [0.05, 0.1) is 9.95 Å². The molecule has 0 spiro atoms. The Morgan fingerprint density at radius 1 is 1.10 bits per heavy atom. The van der Waals surface area contributed by atoms with E-state index in [0.717, 1.165) is 22.4 Å². The van der Waals surface area contributed by atoms with Crippen LogP contribution in [-0.2, 0) is 0 Å². The van der Waals surface area contributed by atoms with Crippen molar-refractivity contribution in [1.82, 2.24) is 0 Å². The van der Waals surface area contributed by atoms with E-state index in [-0.39, 0.29) is 10.7 Å². The highest BCUT2D eigenvalue weighted by Crippen LogP contribution is 2.35. The fourth-order valence-corrected chi connectivity index (χ4v) is 2.34. The number of nitro benzene ring substituents is 1. The monoisotopic (exact) mass is 291 g/mol. The minimum absolute atomic E-state index is 0.0558. The smallest absolute Gasteiger partial charge is 0.271 e. The van der Waals surface area contributed by atoms with E-state index in [1.165, 1.54) is 18.2 Å². The van der Waals surface area contributed by atoms with Crippen LogP contribution in [0.25, 0.3) is 0 Å². The number of benzene rings is 2. The average molecular weight is 292 g/mol. The summed E-state index contributed by atoms with van der Waals surface area (Å²) < 4.78 is 5.81. The van der Waals surface area contributed by atoms with Gasteiger partial charge in [0.2, 0.25) is 0 Å². The van der Waals surface area contributed by atoms with Gasteiger partial charge in [-0.3, -0.25) is 10.1 Å². The molecule has 0 radical (unpaired) electrons. The molecule has 0 aromatic heterocycles. The number of ether oxygens (including phenoxy) is 1. The molecular formula is C15H14ClNO3. The highest BCUT2D eigenvalue weighted by atomic mass is 35.5. The lowest BCUT2D eigenvalue weighted by molar-refractivity contribution is -0.384. The molecule has 0 aliphatic carbocycles. The molecule has 0 aliphatic heterocycles. The summed E-state index contributed by atoms with van der Waals surface area (Å²) in [5, 5.41) is 10.9. The van der Waals surface area contributed by atoms with Crippen molar-refractivity contribution in [2.24, 2.45) is 0 Å². The lowest BCUT2D eigenvalue weighted by Crippen LogP contribution is -1.94. The van der Waals surface area contributed by atoms with Crippen LogP contribution >= 0.6 is 11.6 Å². The van der Waals surface area contributed by atoms with Gasteiger partial charge in [-0.2, -0.15) is 0 Å². The summed E-state index contributed by atoms with van der Waals surface area (Å²) in [7, 11) is 0. The predicted octanol–water partition coefficient (Wildman–Crippen LogP) is 4.97. The van der Waals surface area contributed by atoms with Gasteiger partial charge in [0.15, 0.2) is 0 Å². The molecule has 104 valence electrons. The third-order valence-corrected chi connectivity index (χ3v) is 3.24. The lowest BCUT2D eigenvalue weighted by Gasteiger charge is -2.13. The van der Waals surface area contributed by atoms with Crippen LogP contribution in [0.15, 0.2) is 30.3 Å². The highest BCUT2D eigenvalue weighted by Gasteiger charge is 2.13. The third kappa shape index (κ3) is 2.91. The van der Waals surface area contributed by atoms with Gasteiger partial charge in [-0.1, -0.05) is 29.3 Å². The van der Waals surface area contributed by atoms with Crippen LogP contribution < -0.4 is 4.74 Å². The Bertz CT molecular complexity index is 660. The van der Waals surface area contributed by atoms with Crippen molar-refractivity contribution in [3.8, 4) is 11.5 Å². The fraction of sp³-hybridized carbons (Fsp3) is 0.200. The molecule has 0 N–H and O–H groups in total. The largest absolute Gasteiger partial charge is 0.455 e. The Labute approximate surface area is 122 Å². The van der Waals surface area contributed by atoms with Crippen molar-refractivity contribution in [3.05, 3.63) is 62.2 Å². The van der Waals surface area contributed by atoms with Crippen LogP contribution in [0.4, 0.5) is 5.69 Å². The zero-order chi connectivity index (χ0) is 14.9. The summed E-state index contributed by atoms with van der Waals surface area (Å²) in [4.78, 5) is 10.2. The summed E-state index contributed by atoms with van der Waals surface area (Å²) in [6.45, 7) is 5.92. The molecule has 0 unspecified atom stereocenters. The minimum Gasteiger partial charge on any atom is -0.455 e. The number of halogens is 1. The standard InChI is InChI=1S/C15H14ClNO3/c1-9-6-10(2)15(11(3)7-9)20-14-5-4-12(17(18)19)8-13(14)16/h4-8H,1-3H3. The highest BCUT2D eigenvalue weighted by molar-refractivity contribution is 6.32. The SMILES string of the molecule is Cc1cc(C)c(Oc2ccc([N+](=O)[O-])cc2Cl)c(C)c1. The van der Waals surface area contributed by atoms with E-state index < -0.39 is 4.92 Å². The molecule has 0 amide bonds. The van der Waals surface area contributed by atoms with Crippen molar-refractivity contribution < 1.29 is 9.66 Å². The summed E-state index contributed by atoms with van der Waals surface area (Å²) in [5.41, 5.74) is 3.09. The second-order valence-electron chi connectivity index (χ2n) is 4.70. The summed E-state index contributed by atoms with van der Waals surface area (Å²) >= 11 is 6.03. The zero-order valence-corrected chi connectivity index (χ0v) is 12.2. The zero-order valence-electron chi connectivity index (χ0n) is 11.4. The minimum atomic E-state index is -0.488. The van der Waals surface area contributed by atoms with E-state index in [9.17, 15) is 10.1 Å². The molecule has 5 heteroatoms. The van der Waals surface area contributed by atoms with Gasteiger partial charge in [-0.25, -0.2) is 0 Å². The van der Waals surface area contributed by atoms with Gasteiger partial charge in [0, 0.05) is 12.1 Å². The van der Waals surface area contributed by atoms with E-state index in [0.29, 0.717) is 5.75 Å². The first-order valence-corrected chi connectivity index (χ1v) is 6.46. The maximum atomic E-state index is 10.7. The van der Waals surface area contributed by atoms with Gasteiger partial charge < -0.3 is 4.74 Å². The van der Waals surface area contributed by atoms with Crippen LogP contribution in [0, 0.1) is 30.9 Å². The summed E-state index contributed by atoms with van der Waals surface area (Å²) in [6.07, 6.45) is 0. The summed E-state index contributed by atoms with van der Waals surface area (Å²) in [5.74, 6) is 1.14. The topological polar surface area (TPSA) is 52.4 Å². The number of nitro groups is 1.